The van der Waals surface area contributed by atoms with Crippen LogP contribution in [0.3, 0.4) is 0 Å². The third-order valence-corrected chi connectivity index (χ3v) is 3.42. The molecule has 1 aromatic carbocycles. The summed E-state index contributed by atoms with van der Waals surface area (Å²) in [5.41, 5.74) is 0.983. The minimum Gasteiger partial charge on any atom is -0.379 e. The fourth-order valence-electron chi connectivity index (χ4n) is 1.38. The molecule has 0 bridgehead atoms. The molecule has 0 atom stereocenters. The normalized spacial score (nSPS) is 11.0. The van der Waals surface area contributed by atoms with Gasteiger partial charge in [-0.1, -0.05) is 12.1 Å². The summed E-state index contributed by atoms with van der Waals surface area (Å²) in [6.45, 7) is 0.578. The zero-order valence-electron chi connectivity index (χ0n) is 9.61. The largest absolute Gasteiger partial charge is 0.483 e. The van der Waals surface area contributed by atoms with Crippen LogP contribution in [0.15, 0.2) is 24.3 Å². The lowest BCUT2D eigenvalue weighted by atomic mass is 10.1. The molecule has 90 valence electrons. The predicted molar refractivity (Wildman–Crippen MR) is 61.8 cm³/mol. The smallest absolute Gasteiger partial charge is 0.379 e. The average Bonchev–Trinajstić information content (AvgIpc) is 2.29. The highest BCUT2D eigenvalue weighted by molar-refractivity contribution is 6.36. The van der Waals surface area contributed by atoms with E-state index in [1.807, 2.05) is 6.07 Å². The molecule has 0 radical (unpaired) electrons. The molecule has 0 aliphatic rings. The molecule has 0 aliphatic carbocycles. The maximum atomic E-state index is 12.8. The van der Waals surface area contributed by atoms with Crippen molar-refractivity contribution in [2.75, 3.05) is 20.8 Å². The highest BCUT2D eigenvalue weighted by Gasteiger charge is 2.09. The second-order valence-electron chi connectivity index (χ2n) is 3.36. The first kappa shape index (κ1) is 13.3. The molecule has 0 amide bonds. The number of halogens is 1. The van der Waals surface area contributed by atoms with Crippen molar-refractivity contribution in [2.45, 2.75) is 12.8 Å². The Labute approximate surface area is 97.1 Å². The third kappa shape index (κ3) is 4.85. The Kier molecular flexibility index (Phi) is 6.25. The summed E-state index contributed by atoms with van der Waals surface area (Å²) >= 11 is 0. The van der Waals surface area contributed by atoms with Crippen LogP contribution >= 0.6 is 0 Å². The Bertz CT molecular complexity index is 305. The Morgan fingerprint density at radius 3 is 2.62 bits per heavy atom. The molecule has 0 spiro atoms. The van der Waals surface area contributed by atoms with Crippen molar-refractivity contribution in [1.82, 2.24) is 0 Å². The van der Waals surface area contributed by atoms with E-state index in [2.05, 4.69) is 0 Å². The van der Waals surface area contributed by atoms with E-state index in [4.69, 9.17) is 13.3 Å². The number of benzene rings is 1. The van der Waals surface area contributed by atoms with Crippen LogP contribution in [0.25, 0.3) is 0 Å². The molecule has 0 saturated carbocycles. The van der Waals surface area contributed by atoms with Gasteiger partial charge in [0.2, 0.25) is 0 Å². The Hall–Kier alpha value is -0.753. The fourth-order valence-corrected chi connectivity index (χ4v) is 2.20. The molecule has 5 heteroatoms. The molecule has 0 fully saturated rings. The minimum absolute atomic E-state index is 0.195. The minimum atomic E-state index is -1.90. The van der Waals surface area contributed by atoms with Crippen LogP contribution in [0.2, 0.25) is 0 Å². The van der Waals surface area contributed by atoms with Crippen LogP contribution in [0.1, 0.15) is 12.0 Å². The Morgan fingerprint density at radius 2 is 2.00 bits per heavy atom. The molecule has 0 aromatic heterocycles. The SMILES string of the molecule is CO[SiH](OC)OCCCc1cccc(F)c1. The zero-order valence-corrected chi connectivity index (χ0v) is 10.8. The van der Waals surface area contributed by atoms with Crippen molar-refractivity contribution in [3.63, 3.8) is 0 Å². The predicted octanol–water partition coefficient (Wildman–Crippen LogP) is 1.78. The molecule has 0 aliphatic heterocycles. The standard InChI is InChI=1S/C11H17FO3Si/c1-13-16(14-2)15-8-4-6-10-5-3-7-11(12)9-10/h3,5,7,9,16H,4,6,8H2,1-2H3. The number of hydrogen-bond acceptors (Lipinski definition) is 3. The van der Waals surface area contributed by atoms with Gasteiger partial charge in [0.15, 0.2) is 0 Å². The molecular formula is C11H17FO3Si. The lowest BCUT2D eigenvalue weighted by Gasteiger charge is -2.11. The Balaban J connectivity index is 2.20. The van der Waals surface area contributed by atoms with Gasteiger partial charge >= 0.3 is 9.53 Å². The number of rotatable bonds is 7. The van der Waals surface area contributed by atoms with Gasteiger partial charge in [-0.3, -0.25) is 0 Å². The second-order valence-corrected chi connectivity index (χ2v) is 5.22. The monoisotopic (exact) mass is 244 g/mol. The van der Waals surface area contributed by atoms with Gasteiger partial charge in [0, 0.05) is 20.8 Å². The van der Waals surface area contributed by atoms with E-state index in [1.54, 1.807) is 26.4 Å². The van der Waals surface area contributed by atoms with Crippen LogP contribution in [0.5, 0.6) is 0 Å². The first-order valence-electron chi connectivity index (χ1n) is 5.18. The van der Waals surface area contributed by atoms with Crippen LogP contribution in [0.4, 0.5) is 4.39 Å². The average molecular weight is 244 g/mol. The van der Waals surface area contributed by atoms with E-state index in [9.17, 15) is 4.39 Å². The molecule has 16 heavy (non-hydrogen) atoms. The van der Waals surface area contributed by atoms with Crippen LogP contribution in [-0.4, -0.2) is 30.4 Å². The first-order valence-corrected chi connectivity index (χ1v) is 6.59. The van der Waals surface area contributed by atoms with Gasteiger partial charge in [0.25, 0.3) is 0 Å². The van der Waals surface area contributed by atoms with Crippen LogP contribution in [-0.2, 0) is 19.7 Å². The van der Waals surface area contributed by atoms with E-state index in [0.717, 1.165) is 18.4 Å². The lowest BCUT2D eigenvalue weighted by molar-refractivity contribution is 0.134. The lowest BCUT2D eigenvalue weighted by Crippen LogP contribution is -2.24. The van der Waals surface area contributed by atoms with Gasteiger partial charge in [-0.15, -0.1) is 0 Å². The highest BCUT2D eigenvalue weighted by Crippen LogP contribution is 2.06. The van der Waals surface area contributed by atoms with Crippen molar-refractivity contribution in [3.8, 4) is 0 Å². The van der Waals surface area contributed by atoms with Gasteiger partial charge in [-0.2, -0.15) is 0 Å². The molecule has 0 heterocycles. The van der Waals surface area contributed by atoms with E-state index in [-0.39, 0.29) is 5.82 Å². The van der Waals surface area contributed by atoms with Gasteiger partial charge < -0.3 is 13.3 Å². The fraction of sp³-hybridized carbons (Fsp3) is 0.455. The van der Waals surface area contributed by atoms with Crippen molar-refractivity contribution in [3.05, 3.63) is 35.6 Å². The first-order chi connectivity index (χ1) is 7.76. The molecular weight excluding hydrogens is 227 g/mol. The second kappa shape index (κ2) is 7.51. The van der Waals surface area contributed by atoms with Gasteiger partial charge in [0.1, 0.15) is 5.82 Å². The maximum absolute atomic E-state index is 12.8. The zero-order chi connectivity index (χ0) is 11.8. The number of hydrogen-bond donors (Lipinski definition) is 0. The Morgan fingerprint density at radius 1 is 1.25 bits per heavy atom. The van der Waals surface area contributed by atoms with Gasteiger partial charge in [-0.05, 0) is 30.5 Å². The van der Waals surface area contributed by atoms with Crippen LogP contribution < -0.4 is 0 Å². The molecule has 3 nitrogen and oxygen atoms in total. The number of aryl methyl sites for hydroxylation is 1. The van der Waals surface area contributed by atoms with Crippen molar-refractivity contribution >= 4 is 9.53 Å². The molecule has 1 aromatic rings. The molecule has 1 rings (SSSR count). The van der Waals surface area contributed by atoms with E-state index in [1.165, 1.54) is 6.07 Å². The van der Waals surface area contributed by atoms with Crippen molar-refractivity contribution in [2.24, 2.45) is 0 Å². The van der Waals surface area contributed by atoms with E-state index in [0.29, 0.717) is 6.61 Å². The van der Waals surface area contributed by atoms with Crippen LogP contribution in [0, 0.1) is 5.82 Å². The summed E-state index contributed by atoms with van der Waals surface area (Å²) in [6, 6.07) is 6.61. The highest BCUT2D eigenvalue weighted by atomic mass is 28.3. The molecule has 0 N–H and O–H groups in total. The van der Waals surface area contributed by atoms with Crippen molar-refractivity contribution in [1.29, 1.82) is 0 Å². The molecule has 0 saturated heterocycles. The topological polar surface area (TPSA) is 27.7 Å². The quantitative estimate of drug-likeness (QED) is 0.540. The summed E-state index contributed by atoms with van der Waals surface area (Å²) < 4.78 is 28.3. The third-order valence-electron chi connectivity index (χ3n) is 2.14. The van der Waals surface area contributed by atoms with E-state index >= 15 is 0 Å². The summed E-state index contributed by atoms with van der Waals surface area (Å²) in [5, 5.41) is 0. The van der Waals surface area contributed by atoms with Gasteiger partial charge in [0.05, 0.1) is 0 Å². The summed E-state index contributed by atoms with van der Waals surface area (Å²) in [7, 11) is 1.25. The maximum Gasteiger partial charge on any atom is 0.483 e. The summed E-state index contributed by atoms with van der Waals surface area (Å²) in [6.07, 6.45) is 1.63. The van der Waals surface area contributed by atoms with Gasteiger partial charge in [-0.25, -0.2) is 4.39 Å². The van der Waals surface area contributed by atoms with Crippen molar-refractivity contribution < 1.29 is 17.7 Å². The summed E-state index contributed by atoms with van der Waals surface area (Å²) in [4.78, 5) is 0. The molecule has 0 unspecified atom stereocenters. The summed E-state index contributed by atoms with van der Waals surface area (Å²) in [5.74, 6) is -0.195. The van der Waals surface area contributed by atoms with E-state index < -0.39 is 9.53 Å².